The van der Waals surface area contributed by atoms with Gasteiger partial charge in [0.2, 0.25) is 11.8 Å². The number of carbonyl (C=O) groups is 5. The molecule has 0 bridgehead atoms. The number of primary amides is 1. The molecule has 4 fully saturated rings. The highest BCUT2D eigenvalue weighted by Crippen LogP contribution is 2.41. The van der Waals surface area contributed by atoms with E-state index in [1.54, 1.807) is 0 Å². The lowest BCUT2D eigenvalue weighted by atomic mass is 9.86. The Hall–Kier alpha value is -6.06. The van der Waals surface area contributed by atoms with Gasteiger partial charge in [-0.05, 0) is 137 Å². The first kappa shape index (κ1) is 44.2. The van der Waals surface area contributed by atoms with Gasteiger partial charge in [-0.1, -0.05) is 36.4 Å². The second-order valence-electron chi connectivity index (χ2n) is 18.7. The van der Waals surface area contributed by atoms with Gasteiger partial charge in [0, 0.05) is 63.4 Å². The Balaban J connectivity index is 0.737. The van der Waals surface area contributed by atoms with E-state index >= 15 is 0 Å². The van der Waals surface area contributed by atoms with Crippen molar-refractivity contribution in [1.82, 2.24) is 34.7 Å². The van der Waals surface area contributed by atoms with Crippen LogP contribution >= 0.6 is 0 Å². The van der Waals surface area contributed by atoms with E-state index in [4.69, 9.17) is 15.6 Å². The van der Waals surface area contributed by atoms with Gasteiger partial charge in [-0.3, -0.25) is 29.4 Å². The molecule has 5 aliphatic heterocycles. The van der Waals surface area contributed by atoms with Gasteiger partial charge >= 0.3 is 6.03 Å². The van der Waals surface area contributed by atoms with E-state index in [9.17, 15) is 24.0 Å². The summed E-state index contributed by atoms with van der Waals surface area (Å²) in [5, 5.41) is 10.9. The van der Waals surface area contributed by atoms with Crippen molar-refractivity contribution in [3.05, 3.63) is 95.1 Å². The van der Waals surface area contributed by atoms with Crippen LogP contribution in [0, 0.1) is 11.8 Å². The maximum Gasteiger partial charge on any atom is 0.319 e. The number of anilines is 1. The van der Waals surface area contributed by atoms with Gasteiger partial charge in [-0.2, -0.15) is 5.10 Å². The van der Waals surface area contributed by atoms with Gasteiger partial charge in [0.25, 0.3) is 5.91 Å². The molecular weight excluding hydrogens is 823 g/mol. The molecule has 4 N–H and O–H groups in total. The summed E-state index contributed by atoms with van der Waals surface area (Å²) in [6, 6.07) is 23.2. The number of hydrogen-bond acceptors (Lipinski definition) is 10. The predicted molar refractivity (Wildman–Crippen MR) is 247 cm³/mol. The van der Waals surface area contributed by atoms with E-state index in [2.05, 4.69) is 32.6 Å². The van der Waals surface area contributed by atoms with Crippen molar-refractivity contribution < 1.29 is 28.7 Å². The number of nitrogens with zero attached hydrogens (tertiary/aromatic N) is 6. The number of likely N-dealkylation sites (N-methyl/N-ethyl adjacent to an activating group) is 1. The fourth-order valence-corrected chi connectivity index (χ4v) is 10.9. The zero-order valence-electron chi connectivity index (χ0n) is 37.3. The van der Waals surface area contributed by atoms with Gasteiger partial charge in [0.05, 0.1) is 12.1 Å². The largest absolute Gasteiger partial charge is 0.457 e. The molecule has 4 saturated heterocycles. The number of ether oxygens (including phenoxy) is 1. The lowest BCUT2D eigenvalue weighted by molar-refractivity contribution is -0.137. The van der Waals surface area contributed by atoms with Crippen molar-refractivity contribution in [3.63, 3.8) is 0 Å². The molecule has 5 aliphatic rings. The van der Waals surface area contributed by atoms with Crippen LogP contribution in [-0.2, 0) is 16.1 Å². The number of para-hydroxylation sites is 1. The number of hydrogen-bond donors (Lipinski definition) is 3. The minimum absolute atomic E-state index is 0.0937. The third-order valence-electron chi connectivity index (χ3n) is 14.6. The Labute approximate surface area is 380 Å². The first-order valence-electron chi connectivity index (χ1n) is 23.5. The van der Waals surface area contributed by atoms with Crippen molar-refractivity contribution >= 4 is 35.9 Å². The van der Waals surface area contributed by atoms with Crippen LogP contribution in [0.5, 0.6) is 11.5 Å². The summed E-state index contributed by atoms with van der Waals surface area (Å²) >= 11 is 0. The molecule has 5 amide bonds. The number of rotatable bonds is 12. The monoisotopic (exact) mass is 883 g/mol. The summed E-state index contributed by atoms with van der Waals surface area (Å²) in [5.74, 6) is 2.35. The van der Waals surface area contributed by atoms with E-state index in [0.717, 1.165) is 107 Å². The second kappa shape index (κ2) is 19.6. The number of piperidine rings is 4. The number of aromatic nitrogens is 2. The maximum atomic E-state index is 13.8. The van der Waals surface area contributed by atoms with E-state index in [1.807, 2.05) is 82.2 Å². The summed E-state index contributed by atoms with van der Waals surface area (Å²) in [7, 11) is 1.88. The lowest BCUT2D eigenvalue weighted by Crippen LogP contribution is -2.51. The standard InChI is InChI=1S/C50H61N9O6/c1-55(43-13-14-44(61)53-49(43)63)31-39-29-37(7-8-38(39)32-60)34-18-23-56(24-19-34)30-33-16-25-57(26-17-33)50(64)58-27-20-35(21-28-58)42-15-22-52-48-45(47(51)62)46(54-59(42)48)36-9-11-41(12-10-36)65-40-5-3-2-4-6-40/h2-12,29,32-35,42-43,52H,13-28,30-31H2,1H3,(H2,51,62)(H,53,61,63). The molecule has 15 nitrogen and oxygen atoms in total. The minimum Gasteiger partial charge on any atom is -0.457 e. The number of urea groups is 1. The summed E-state index contributed by atoms with van der Waals surface area (Å²) in [6.45, 7) is 7.22. The Morgan fingerprint density at radius 2 is 1.54 bits per heavy atom. The third-order valence-corrected chi connectivity index (χ3v) is 14.6. The number of carbonyl (C=O) groups excluding carboxylic acids is 5. The molecule has 342 valence electrons. The molecule has 6 heterocycles. The summed E-state index contributed by atoms with van der Waals surface area (Å²) in [5.41, 5.74) is 10.5. The quantitative estimate of drug-likeness (QED) is 0.109. The molecule has 2 unspecified atom stereocenters. The smallest absolute Gasteiger partial charge is 0.319 e. The number of amides is 5. The molecule has 65 heavy (non-hydrogen) atoms. The Morgan fingerprint density at radius 1 is 0.846 bits per heavy atom. The van der Waals surface area contributed by atoms with Crippen molar-refractivity contribution in [2.45, 2.75) is 82.3 Å². The topological polar surface area (TPSA) is 175 Å². The van der Waals surface area contributed by atoms with Crippen LogP contribution in [0.3, 0.4) is 0 Å². The maximum absolute atomic E-state index is 13.8. The molecule has 2 atom stereocenters. The number of fused-ring (bicyclic) bond motifs is 1. The SMILES string of the molecule is CN(Cc1cc(C2CCN(CC3CCN(C(=O)N4CCC(C5CCNc6c(C(N)=O)c(-c7ccc(Oc8ccccc8)cc7)nn65)CC4)CC3)CC2)ccc1C=O)C1CCC(=O)NC1=O. The predicted octanol–water partition coefficient (Wildman–Crippen LogP) is 6.27. The van der Waals surface area contributed by atoms with Crippen LogP contribution in [0.25, 0.3) is 11.3 Å². The average molecular weight is 884 g/mol. The summed E-state index contributed by atoms with van der Waals surface area (Å²) in [6.07, 6.45) is 8.40. The van der Waals surface area contributed by atoms with E-state index in [0.29, 0.717) is 78.6 Å². The number of nitrogens with two attached hydrogens (primary N) is 1. The molecule has 4 aromatic rings. The van der Waals surface area contributed by atoms with Gasteiger partial charge in [0.15, 0.2) is 0 Å². The average Bonchev–Trinajstić information content (AvgIpc) is 3.73. The molecule has 0 aliphatic carbocycles. The second-order valence-corrected chi connectivity index (χ2v) is 18.7. The van der Waals surface area contributed by atoms with Crippen LogP contribution in [0.15, 0.2) is 72.8 Å². The van der Waals surface area contributed by atoms with E-state index in [-0.39, 0.29) is 23.9 Å². The zero-order chi connectivity index (χ0) is 45.0. The molecule has 0 saturated carbocycles. The Bertz CT molecular complexity index is 2360. The highest BCUT2D eigenvalue weighted by atomic mass is 16.5. The first-order chi connectivity index (χ1) is 31.6. The van der Waals surface area contributed by atoms with Crippen molar-refractivity contribution in [1.29, 1.82) is 0 Å². The molecule has 1 aromatic heterocycles. The Morgan fingerprint density at radius 3 is 2.22 bits per heavy atom. The fourth-order valence-electron chi connectivity index (χ4n) is 10.9. The number of imide groups is 1. The van der Waals surface area contributed by atoms with Crippen LogP contribution in [0.4, 0.5) is 10.6 Å². The summed E-state index contributed by atoms with van der Waals surface area (Å²) < 4.78 is 7.97. The third kappa shape index (κ3) is 9.81. The van der Waals surface area contributed by atoms with E-state index < -0.39 is 11.9 Å². The fraction of sp³-hybridized carbons (Fsp3) is 0.480. The number of likely N-dealkylation sites (tertiary alicyclic amines) is 3. The van der Waals surface area contributed by atoms with Crippen LogP contribution in [-0.4, -0.2) is 125 Å². The minimum atomic E-state index is -0.517. The highest BCUT2D eigenvalue weighted by molar-refractivity contribution is 6.04. The van der Waals surface area contributed by atoms with E-state index in [1.165, 1.54) is 5.56 Å². The Kier molecular flexibility index (Phi) is 13.3. The molecule has 15 heteroatoms. The van der Waals surface area contributed by atoms with Crippen LogP contribution in [0.1, 0.15) is 102 Å². The van der Waals surface area contributed by atoms with Crippen LogP contribution in [0.2, 0.25) is 0 Å². The number of benzene rings is 3. The molecule has 0 radical (unpaired) electrons. The van der Waals surface area contributed by atoms with Gasteiger partial charge in [-0.15, -0.1) is 0 Å². The lowest BCUT2D eigenvalue weighted by Gasteiger charge is -2.42. The highest BCUT2D eigenvalue weighted by Gasteiger charge is 2.38. The molecule has 9 rings (SSSR count). The molecule has 3 aromatic carbocycles. The number of nitrogens with one attached hydrogen (secondary N) is 2. The summed E-state index contributed by atoms with van der Waals surface area (Å²) in [4.78, 5) is 71.4. The van der Waals surface area contributed by atoms with Crippen molar-refractivity contribution in [3.8, 4) is 22.8 Å². The van der Waals surface area contributed by atoms with Crippen LogP contribution < -0.4 is 21.1 Å². The molecular formula is C50H61N9O6. The van der Waals surface area contributed by atoms with Gasteiger partial charge < -0.3 is 30.5 Å². The number of aldehydes is 1. The zero-order valence-corrected chi connectivity index (χ0v) is 37.3. The normalized spacial score (nSPS) is 21.4. The first-order valence-corrected chi connectivity index (χ1v) is 23.5. The van der Waals surface area contributed by atoms with Gasteiger partial charge in [-0.25, -0.2) is 9.48 Å². The molecule has 0 spiro atoms. The van der Waals surface area contributed by atoms with Crippen molar-refractivity contribution in [2.24, 2.45) is 17.6 Å². The van der Waals surface area contributed by atoms with Gasteiger partial charge in [0.1, 0.15) is 34.9 Å². The van der Waals surface area contributed by atoms with Crippen molar-refractivity contribution in [2.75, 3.05) is 64.7 Å².